The summed E-state index contributed by atoms with van der Waals surface area (Å²) in [6.07, 6.45) is 4.93. The highest BCUT2D eigenvalue weighted by molar-refractivity contribution is 7.89. The fraction of sp³-hybridized carbons (Fsp3) is 0.524. The fourth-order valence-corrected chi connectivity index (χ4v) is 4.98. The number of hydrogen-bond donors (Lipinski definition) is 0. The Kier molecular flexibility index (Phi) is 8.08. The Hall–Kier alpha value is -1.64. The zero-order valence-corrected chi connectivity index (χ0v) is 17.7. The number of alkyl halides is 3. The van der Waals surface area contributed by atoms with E-state index < -0.39 is 21.8 Å². The van der Waals surface area contributed by atoms with E-state index in [2.05, 4.69) is 23.6 Å². The summed E-state index contributed by atoms with van der Waals surface area (Å²) in [5, 5.41) is 0. The molecule has 29 heavy (non-hydrogen) atoms. The topological polar surface area (TPSA) is 40.6 Å². The maximum atomic E-state index is 12.8. The first-order valence-corrected chi connectivity index (χ1v) is 11.1. The van der Waals surface area contributed by atoms with Gasteiger partial charge in [0.1, 0.15) is 0 Å². The Balaban J connectivity index is 1.94. The average Bonchev–Trinajstić information content (AvgIpc) is 2.67. The molecule has 1 saturated carbocycles. The van der Waals surface area contributed by atoms with Crippen LogP contribution in [-0.4, -0.2) is 50.8 Å². The van der Waals surface area contributed by atoms with Gasteiger partial charge in [0.15, 0.2) is 0 Å². The van der Waals surface area contributed by atoms with Crippen LogP contribution in [0.25, 0.3) is 0 Å². The number of rotatable bonds is 8. The van der Waals surface area contributed by atoms with Gasteiger partial charge in [-0.05, 0) is 62.9 Å². The molecule has 0 spiro atoms. The third kappa shape index (κ3) is 6.42. The standard InChI is InChI=1S/C21H29F3N2O2S/c1-4-15-25(2)16-5-6-17-7-11-19(12-8-17)26(3)29(27,28)20-13-9-18(10-14-20)21(22,23)24/h4-6,9-10,13-14,17,19H,1,7-8,11-12,15-16H2,2-3H3/b6-5+. The van der Waals surface area contributed by atoms with Crippen molar-refractivity contribution < 1.29 is 21.6 Å². The normalized spacial score (nSPS) is 21.2. The molecule has 1 aliphatic rings. The van der Waals surface area contributed by atoms with Crippen LogP contribution in [0.5, 0.6) is 0 Å². The molecule has 0 heterocycles. The van der Waals surface area contributed by atoms with Crippen molar-refractivity contribution in [3.63, 3.8) is 0 Å². The van der Waals surface area contributed by atoms with Crippen molar-refractivity contribution in [3.05, 3.63) is 54.6 Å². The first-order chi connectivity index (χ1) is 13.6. The third-order valence-corrected chi connectivity index (χ3v) is 7.30. The number of halogens is 3. The minimum atomic E-state index is -4.49. The number of likely N-dealkylation sites (N-methyl/N-ethyl adjacent to an activating group) is 1. The van der Waals surface area contributed by atoms with Crippen LogP contribution < -0.4 is 0 Å². The Labute approximate surface area is 171 Å². The van der Waals surface area contributed by atoms with Gasteiger partial charge in [0.25, 0.3) is 0 Å². The SMILES string of the molecule is C=CCN(C)C/C=C/C1CCC(N(C)S(=O)(=O)c2ccc(C(F)(F)F)cc2)CC1. The predicted octanol–water partition coefficient (Wildman–Crippen LogP) is 4.56. The lowest BCUT2D eigenvalue weighted by atomic mass is 9.86. The van der Waals surface area contributed by atoms with Gasteiger partial charge in [-0.15, -0.1) is 6.58 Å². The first kappa shape index (κ1) is 23.6. The fourth-order valence-electron chi connectivity index (χ4n) is 3.56. The molecule has 0 amide bonds. The zero-order valence-electron chi connectivity index (χ0n) is 16.9. The molecule has 1 aliphatic carbocycles. The van der Waals surface area contributed by atoms with Crippen molar-refractivity contribution in [2.24, 2.45) is 5.92 Å². The van der Waals surface area contributed by atoms with Gasteiger partial charge >= 0.3 is 6.18 Å². The Morgan fingerprint density at radius 2 is 1.66 bits per heavy atom. The molecule has 0 saturated heterocycles. The van der Waals surface area contributed by atoms with E-state index in [-0.39, 0.29) is 10.9 Å². The molecule has 1 fully saturated rings. The predicted molar refractivity (Wildman–Crippen MR) is 109 cm³/mol. The zero-order chi connectivity index (χ0) is 21.7. The third-order valence-electron chi connectivity index (χ3n) is 5.38. The number of sulfonamides is 1. The molecule has 0 bridgehead atoms. The summed E-state index contributed by atoms with van der Waals surface area (Å²) < 4.78 is 65.0. The molecule has 8 heteroatoms. The van der Waals surface area contributed by atoms with Gasteiger partial charge in [0, 0.05) is 26.2 Å². The van der Waals surface area contributed by atoms with Crippen LogP contribution in [0.3, 0.4) is 0 Å². The van der Waals surface area contributed by atoms with Crippen LogP contribution in [-0.2, 0) is 16.2 Å². The summed E-state index contributed by atoms with van der Waals surface area (Å²) in [6, 6.07) is 3.54. The van der Waals surface area contributed by atoms with Gasteiger partial charge in [-0.2, -0.15) is 17.5 Å². The van der Waals surface area contributed by atoms with Crippen molar-refractivity contribution in [3.8, 4) is 0 Å². The van der Waals surface area contributed by atoms with Crippen LogP contribution in [0.2, 0.25) is 0 Å². The van der Waals surface area contributed by atoms with E-state index in [0.717, 1.165) is 63.0 Å². The number of hydrogen-bond acceptors (Lipinski definition) is 3. The number of allylic oxidation sites excluding steroid dienone is 1. The van der Waals surface area contributed by atoms with Crippen molar-refractivity contribution in [1.82, 2.24) is 9.21 Å². The molecule has 0 unspecified atom stereocenters. The number of nitrogens with zero attached hydrogens (tertiary/aromatic N) is 2. The van der Waals surface area contributed by atoms with Gasteiger partial charge in [-0.1, -0.05) is 18.2 Å². The summed E-state index contributed by atoms with van der Waals surface area (Å²) in [5.74, 6) is 0.422. The minimum Gasteiger partial charge on any atom is -0.299 e. The first-order valence-electron chi connectivity index (χ1n) is 9.67. The molecule has 2 rings (SSSR count). The number of benzene rings is 1. The molecule has 4 nitrogen and oxygen atoms in total. The molecule has 0 N–H and O–H groups in total. The van der Waals surface area contributed by atoms with E-state index in [0.29, 0.717) is 5.92 Å². The largest absolute Gasteiger partial charge is 0.416 e. The summed E-state index contributed by atoms with van der Waals surface area (Å²) in [7, 11) is -0.291. The van der Waals surface area contributed by atoms with Gasteiger partial charge in [-0.25, -0.2) is 8.42 Å². The highest BCUT2D eigenvalue weighted by Gasteiger charge is 2.33. The van der Waals surface area contributed by atoms with E-state index in [1.54, 1.807) is 0 Å². The Bertz CT molecular complexity index is 796. The minimum absolute atomic E-state index is 0.111. The van der Waals surface area contributed by atoms with E-state index in [1.807, 2.05) is 13.1 Å². The lowest BCUT2D eigenvalue weighted by Crippen LogP contribution is -2.39. The van der Waals surface area contributed by atoms with Crippen molar-refractivity contribution in [2.45, 2.75) is 42.8 Å². The summed E-state index contributed by atoms with van der Waals surface area (Å²) in [5.41, 5.74) is -0.856. The van der Waals surface area contributed by atoms with Gasteiger partial charge in [0.2, 0.25) is 10.0 Å². The highest BCUT2D eigenvalue weighted by atomic mass is 32.2. The molecular weight excluding hydrogens is 401 g/mol. The molecule has 162 valence electrons. The summed E-state index contributed by atoms with van der Waals surface area (Å²) in [6.45, 7) is 5.38. The molecule has 0 atom stereocenters. The smallest absolute Gasteiger partial charge is 0.299 e. The van der Waals surface area contributed by atoms with Crippen LogP contribution >= 0.6 is 0 Å². The summed E-state index contributed by atoms with van der Waals surface area (Å²) in [4.78, 5) is 2.03. The molecule has 0 radical (unpaired) electrons. The molecule has 0 aromatic heterocycles. The van der Waals surface area contributed by atoms with Crippen LogP contribution in [0, 0.1) is 5.92 Å². The van der Waals surface area contributed by atoms with E-state index in [4.69, 9.17) is 0 Å². The van der Waals surface area contributed by atoms with Crippen molar-refractivity contribution in [2.75, 3.05) is 27.2 Å². The van der Waals surface area contributed by atoms with Crippen molar-refractivity contribution in [1.29, 1.82) is 0 Å². The van der Waals surface area contributed by atoms with E-state index in [1.165, 1.54) is 11.4 Å². The molecule has 0 aliphatic heterocycles. The molecule has 1 aromatic rings. The van der Waals surface area contributed by atoms with E-state index in [9.17, 15) is 21.6 Å². The molecular formula is C21H29F3N2O2S. The van der Waals surface area contributed by atoms with Crippen LogP contribution in [0.15, 0.2) is 54.0 Å². The second kappa shape index (κ2) is 9.91. The van der Waals surface area contributed by atoms with Crippen LogP contribution in [0.1, 0.15) is 31.2 Å². The lowest BCUT2D eigenvalue weighted by molar-refractivity contribution is -0.137. The quantitative estimate of drug-likeness (QED) is 0.568. The van der Waals surface area contributed by atoms with Gasteiger partial charge in [0.05, 0.1) is 10.5 Å². The van der Waals surface area contributed by atoms with E-state index >= 15 is 0 Å². The molecule has 1 aromatic carbocycles. The Morgan fingerprint density at radius 1 is 1.07 bits per heavy atom. The highest BCUT2D eigenvalue weighted by Crippen LogP contribution is 2.32. The van der Waals surface area contributed by atoms with Crippen molar-refractivity contribution >= 4 is 10.0 Å². The Morgan fingerprint density at radius 3 is 2.17 bits per heavy atom. The maximum absolute atomic E-state index is 12.8. The lowest BCUT2D eigenvalue weighted by Gasteiger charge is -2.33. The van der Waals surface area contributed by atoms with Gasteiger partial charge in [-0.3, -0.25) is 4.90 Å². The van der Waals surface area contributed by atoms with Crippen LogP contribution in [0.4, 0.5) is 13.2 Å². The monoisotopic (exact) mass is 430 g/mol. The average molecular weight is 431 g/mol. The second-order valence-corrected chi connectivity index (χ2v) is 9.55. The van der Waals surface area contributed by atoms with Gasteiger partial charge < -0.3 is 0 Å². The summed E-state index contributed by atoms with van der Waals surface area (Å²) >= 11 is 0. The second-order valence-electron chi connectivity index (χ2n) is 7.55. The maximum Gasteiger partial charge on any atom is 0.416 e.